The number of nitrogens with zero attached hydrogens (tertiary/aromatic N) is 1. The van der Waals surface area contributed by atoms with Gasteiger partial charge < -0.3 is 10.1 Å². The number of carbonyl (C=O) groups is 4. The molecule has 29 heavy (non-hydrogen) atoms. The average molecular weight is 392 g/mol. The molecule has 1 aliphatic carbocycles. The largest absolute Gasteiger partial charge is 0.447 e. The first-order chi connectivity index (χ1) is 14.0. The van der Waals surface area contributed by atoms with Crippen molar-refractivity contribution in [1.29, 1.82) is 0 Å². The quantitative estimate of drug-likeness (QED) is 0.576. The van der Waals surface area contributed by atoms with Gasteiger partial charge in [0, 0.05) is 18.2 Å². The van der Waals surface area contributed by atoms with Crippen LogP contribution in [0.4, 0.5) is 0 Å². The molecule has 2 aromatic carbocycles. The van der Waals surface area contributed by atoms with Crippen molar-refractivity contribution in [3.8, 4) is 0 Å². The number of hydrogen-bond acceptors (Lipinski definition) is 5. The third kappa shape index (κ3) is 4.03. The van der Waals surface area contributed by atoms with Crippen molar-refractivity contribution >= 4 is 23.7 Å². The molecule has 1 atom stereocenters. The predicted octanol–water partition coefficient (Wildman–Crippen LogP) is 2.24. The van der Waals surface area contributed by atoms with E-state index in [1.54, 1.807) is 48.5 Å². The first-order valence-corrected chi connectivity index (χ1v) is 9.54. The van der Waals surface area contributed by atoms with Crippen LogP contribution in [0.15, 0.2) is 54.6 Å². The molecule has 2 aliphatic rings. The maximum Gasteiger partial charge on any atom is 0.308 e. The molecule has 0 radical (unpaired) electrons. The summed E-state index contributed by atoms with van der Waals surface area (Å²) in [7, 11) is 0. The molecule has 3 amide bonds. The summed E-state index contributed by atoms with van der Waals surface area (Å²) in [6, 6.07) is 15.4. The van der Waals surface area contributed by atoms with E-state index in [9.17, 15) is 19.2 Å². The summed E-state index contributed by atoms with van der Waals surface area (Å²) >= 11 is 0. The lowest BCUT2D eigenvalue weighted by atomic mass is 10.1. The molecule has 1 heterocycles. The van der Waals surface area contributed by atoms with Gasteiger partial charge in [0.05, 0.1) is 17.5 Å². The minimum atomic E-state index is -1.06. The molecule has 148 valence electrons. The zero-order valence-corrected chi connectivity index (χ0v) is 15.7. The maximum atomic E-state index is 12.5. The fourth-order valence-corrected chi connectivity index (χ4v) is 3.24. The number of benzene rings is 2. The van der Waals surface area contributed by atoms with Crippen molar-refractivity contribution in [3.63, 3.8) is 0 Å². The zero-order chi connectivity index (χ0) is 20.4. The van der Waals surface area contributed by atoms with Crippen LogP contribution in [0.5, 0.6) is 0 Å². The van der Waals surface area contributed by atoms with Crippen LogP contribution in [0.3, 0.4) is 0 Å². The lowest BCUT2D eigenvalue weighted by molar-refractivity contribution is -0.156. The summed E-state index contributed by atoms with van der Waals surface area (Å²) in [6.07, 6.45) is 0.583. The fraction of sp³-hybridized carbons (Fsp3) is 0.273. The van der Waals surface area contributed by atoms with Gasteiger partial charge in [-0.15, -0.1) is 0 Å². The molecular formula is C22H20N2O5. The molecule has 1 N–H and O–H groups in total. The molecule has 1 unspecified atom stereocenters. The summed E-state index contributed by atoms with van der Waals surface area (Å²) in [6.45, 7) is -0.100. The van der Waals surface area contributed by atoms with Gasteiger partial charge in [0.25, 0.3) is 17.7 Å². The number of nitrogens with one attached hydrogen (secondary N) is 1. The zero-order valence-electron chi connectivity index (χ0n) is 15.7. The smallest absolute Gasteiger partial charge is 0.308 e. The van der Waals surface area contributed by atoms with E-state index >= 15 is 0 Å². The number of hydrogen-bond donors (Lipinski definition) is 1. The lowest BCUT2D eigenvalue weighted by Gasteiger charge is -2.19. The minimum Gasteiger partial charge on any atom is -0.447 e. The van der Waals surface area contributed by atoms with Crippen molar-refractivity contribution in [1.82, 2.24) is 10.2 Å². The van der Waals surface area contributed by atoms with E-state index in [1.807, 2.05) is 6.07 Å². The van der Waals surface area contributed by atoms with Crippen LogP contribution in [-0.4, -0.2) is 41.2 Å². The Morgan fingerprint density at radius 1 is 0.966 bits per heavy atom. The molecular weight excluding hydrogens is 372 g/mol. The van der Waals surface area contributed by atoms with Crippen LogP contribution in [0.1, 0.15) is 51.6 Å². The SMILES string of the molecule is O=C(CCN1C(=O)c2ccccc2C1=O)OC(C(=O)NC1CC1)c1ccccc1. The Balaban J connectivity index is 1.40. The summed E-state index contributed by atoms with van der Waals surface area (Å²) in [5, 5.41) is 2.85. The van der Waals surface area contributed by atoms with Gasteiger partial charge in [-0.25, -0.2) is 0 Å². The second-order valence-electron chi connectivity index (χ2n) is 7.12. The topological polar surface area (TPSA) is 92.8 Å². The molecule has 0 spiro atoms. The standard InChI is InChI=1S/C22H20N2O5/c25-18(12-13-24-21(27)16-8-4-5-9-17(16)22(24)28)29-19(14-6-2-1-3-7-14)20(26)23-15-10-11-15/h1-9,15,19H,10-13H2,(H,23,26). The van der Waals surface area contributed by atoms with Crippen LogP contribution >= 0.6 is 0 Å². The normalized spacial score (nSPS) is 16.3. The van der Waals surface area contributed by atoms with Crippen LogP contribution in [0.2, 0.25) is 0 Å². The van der Waals surface area contributed by atoms with E-state index in [4.69, 9.17) is 4.74 Å². The van der Waals surface area contributed by atoms with Crippen molar-refractivity contribution < 1.29 is 23.9 Å². The molecule has 4 rings (SSSR count). The molecule has 7 heteroatoms. The summed E-state index contributed by atoms with van der Waals surface area (Å²) in [4.78, 5) is 50.8. The van der Waals surface area contributed by atoms with Crippen LogP contribution in [0, 0.1) is 0 Å². The highest BCUT2D eigenvalue weighted by atomic mass is 16.5. The van der Waals surface area contributed by atoms with Crippen LogP contribution in [0.25, 0.3) is 0 Å². The maximum absolute atomic E-state index is 12.5. The molecule has 2 aromatic rings. The van der Waals surface area contributed by atoms with E-state index in [1.165, 1.54) is 0 Å². The average Bonchev–Trinajstić information content (AvgIpc) is 3.52. The van der Waals surface area contributed by atoms with Crippen molar-refractivity contribution in [2.45, 2.75) is 31.4 Å². The third-order valence-electron chi connectivity index (χ3n) is 4.93. The van der Waals surface area contributed by atoms with Gasteiger partial charge in [-0.3, -0.25) is 24.1 Å². The fourth-order valence-electron chi connectivity index (χ4n) is 3.24. The number of carbonyl (C=O) groups excluding carboxylic acids is 4. The molecule has 1 fully saturated rings. The Kier molecular flexibility index (Phi) is 5.12. The monoisotopic (exact) mass is 392 g/mol. The number of esters is 1. The van der Waals surface area contributed by atoms with E-state index in [0.29, 0.717) is 16.7 Å². The number of amides is 3. The second-order valence-corrected chi connectivity index (χ2v) is 7.12. The van der Waals surface area contributed by atoms with Gasteiger partial charge in [0.1, 0.15) is 0 Å². The predicted molar refractivity (Wildman–Crippen MR) is 103 cm³/mol. The Bertz CT molecular complexity index is 933. The second kappa shape index (κ2) is 7.87. The van der Waals surface area contributed by atoms with Crippen molar-refractivity contribution in [3.05, 3.63) is 71.3 Å². The van der Waals surface area contributed by atoms with Crippen LogP contribution < -0.4 is 5.32 Å². The minimum absolute atomic E-state index is 0.100. The number of rotatable bonds is 7. The molecule has 1 saturated carbocycles. The van der Waals surface area contributed by atoms with Gasteiger partial charge in [0.2, 0.25) is 6.10 Å². The Morgan fingerprint density at radius 3 is 2.14 bits per heavy atom. The van der Waals surface area contributed by atoms with E-state index in [-0.39, 0.29) is 24.9 Å². The highest BCUT2D eigenvalue weighted by molar-refractivity contribution is 6.21. The molecule has 7 nitrogen and oxygen atoms in total. The Morgan fingerprint density at radius 2 is 1.55 bits per heavy atom. The molecule has 0 saturated heterocycles. The van der Waals surface area contributed by atoms with Gasteiger partial charge in [0.15, 0.2) is 0 Å². The third-order valence-corrected chi connectivity index (χ3v) is 4.93. The highest BCUT2D eigenvalue weighted by Crippen LogP contribution is 2.25. The molecule has 0 aromatic heterocycles. The van der Waals surface area contributed by atoms with Gasteiger partial charge in [-0.2, -0.15) is 0 Å². The van der Waals surface area contributed by atoms with E-state index in [2.05, 4.69) is 5.32 Å². The Labute approximate surface area is 167 Å². The van der Waals surface area contributed by atoms with Gasteiger partial charge >= 0.3 is 5.97 Å². The summed E-state index contributed by atoms with van der Waals surface area (Å²) < 4.78 is 5.43. The number of imide groups is 1. The van der Waals surface area contributed by atoms with E-state index in [0.717, 1.165) is 17.7 Å². The first kappa shape index (κ1) is 18.9. The van der Waals surface area contributed by atoms with Crippen molar-refractivity contribution in [2.75, 3.05) is 6.54 Å². The summed E-state index contributed by atoms with van der Waals surface area (Å²) in [5.74, 6) is -1.87. The number of fused-ring (bicyclic) bond motifs is 1. The molecule has 0 bridgehead atoms. The Hall–Kier alpha value is -3.48. The van der Waals surface area contributed by atoms with E-state index < -0.39 is 23.9 Å². The van der Waals surface area contributed by atoms with Gasteiger partial charge in [-0.1, -0.05) is 42.5 Å². The van der Waals surface area contributed by atoms with Crippen molar-refractivity contribution in [2.24, 2.45) is 0 Å². The number of ether oxygens (including phenoxy) is 1. The van der Waals surface area contributed by atoms with Gasteiger partial charge in [-0.05, 0) is 25.0 Å². The van der Waals surface area contributed by atoms with Crippen LogP contribution in [-0.2, 0) is 14.3 Å². The first-order valence-electron chi connectivity index (χ1n) is 9.54. The lowest BCUT2D eigenvalue weighted by Crippen LogP contribution is -2.35. The molecule has 1 aliphatic heterocycles. The summed E-state index contributed by atoms with van der Waals surface area (Å²) in [5.41, 5.74) is 1.23. The highest BCUT2D eigenvalue weighted by Gasteiger charge is 2.36.